The molecule has 8 heteroatoms. The number of fused-ring (bicyclic) bond motifs is 2. The lowest BCUT2D eigenvalue weighted by atomic mass is 9.98. The second-order valence-electron chi connectivity index (χ2n) is 8.09. The number of nitrogens with zero attached hydrogens (tertiary/aromatic N) is 2. The number of benzene rings is 2. The normalized spacial score (nSPS) is 15.3. The highest BCUT2D eigenvalue weighted by Gasteiger charge is 2.43. The smallest absolute Gasteiger partial charge is 0.290 e. The summed E-state index contributed by atoms with van der Waals surface area (Å²) in [6.07, 6.45) is 0. The molecule has 1 aromatic heterocycles. The summed E-state index contributed by atoms with van der Waals surface area (Å²) in [5.41, 5.74) is 1.33. The number of hydrogen-bond donors (Lipinski definition) is 0. The predicted molar refractivity (Wildman–Crippen MR) is 135 cm³/mol. The molecule has 0 N–H and O–H groups in total. The first-order valence-electron chi connectivity index (χ1n) is 11.5. The molecule has 4 rings (SSSR count). The number of ether oxygens (including phenoxy) is 2. The van der Waals surface area contributed by atoms with Gasteiger partial charge in [-0.3, -0.25) is 9.59 Å². The summed E-state index contributed by atoms with van der Waals surface area (Å²) in [5, 5.41) is 0.439. The number of amides is 1. The fourth-order valence-electron chi connectivity index (χ4n) is 4.49. The summed E-state index contributed by atoms with van der Waals surface area (Å²) in [7, 11) is 1.58. The first-order chi connectivity index (χ1) is 16.4. The van der Waals surface area contributed by atoms with Gasteiger partial charge in [-0.05, 0) is 55.9 Å². The molecule has 1 unspecified atom stereocenters. The molecule has 3 aromatic rings. The van der Waals surface area contributed by atoms with Crippen molar-refractivity contribution in [3.8, 4) is 11.5 Å². The van der Waals surface area contributed by atoms with Crippen LogP contribution < -0.4 is 14.9 Å². The Morgan fingerprint density at radius 3 is 2.50 bits per heavy atom. The lowest BCUT2D eigenvalue weighted by Gasteiger charge is -2.28. The van der Waals surface area contributed by atoms with Crippen LogP contribution in [0, 0.1) is 0 Å². The van der Waals surface area contributed by atoms with Gasteiger partial charge in [0, 0.05) is 17.6 Å². The SMILES string of the molecule is CCOc1ccc(C2c3c(oc4ccc(Br)cc4c3=O)C(=O)N2CCN(CC)CC)cc1OC. The molecule has 1 aliphatic heterocycles. The lowest BCUT2D eigenvalue weighted by Crippen LogP contribution is -2.37. The van der Waals surface area contributed by atoms with Crippen LogP contribution >= 0.6 is 15.9 Å². The maximum absolute atomic E-state index is 13.7. The summed E-state index contributed by atoms with van der Waals surface area (Å²) in [5.74, 6) is 0.999. The summed E-state index contributed by atoms with van der Waals surface area (Å²) in [4.78, 5) is 31.2. The fourth-order valence-corrected chi connectivity index (χ4v) is 4.85. The van der Waals surface area contributed by atoms with E-state index in [4.69, 9.17) is 13.9 Å². The fraction of sp³-hybridized carbons (Fsp3) is 0.385. The Morgan fingerprint density at radius 2 is 1.82 bits per heavy atom. The standard InChI is InChI=1S/C26H29BrN2O5/c1-5-28(6-2)12-13-29-23(16-8-10-20(33-7-3)21(14-16)32-4)22-24(30)18-15-17(27)9-11-19(18)34-25(22)26(29)31/h8-11,14-15,23H,5-7,12-13H2,1-4H3. The van der Waals surface area contributed by atoms with E-state index in [1.165, 1.54) is 0 Å². The van der Waals surface area contributed by atoms with E-state index in [1.54, 1.807) is 30.2 Å². The predicted octanol–water partition coefficient (Wildman–Crippen LogP) is 4.85. The van der Waals surface area contributed by atoms with Crippen molar-refractivity contribution in [2.45, 2.75) is 26.8 Å². The molecule has 0 aliphatic carbocycles. The van der Waals surface area contributed by atoms with Crippen molar-refractivity contribution in [2.75, 3.05) is 39.9 Å². The molecule has 0 saturated heterocycles. The Hall–Kier alpha value is -2.84. The third-order valence-electron chi connectivity index (χ3n) is 6.28. The Labute approximate surface area is 207 Å². The maximum atomic E-state index is 13.7. The summed E-state index contributed by atoms with van der Waals surface area (Å²) < 4.78 is 18.0. The van der Waals surface area contributed by atoms with Gasteiger partial charge in [-0.2, -0.15) is 0 Å². The molecular weight excluding hydrogens is 500 g/mol. The second-order valence-corrected chi connectivity index (χ2v) is 9.00. The van der Waals surface area contributed by atoms with Crippen LogP contribution in [0.2, 0.25) is 0 Å². The van der Waals surface area contributed by atoms with Crippen molar-refractivity contribution < 1.29 is 18.7 Å². The van der Waals surface area contributed by atoms with Gasteiger partial charge in [0.05, 0.1) is 30.7 Å². The van der Waals surface area contributed by atoms with Gasteiger partial charge in [-0.25, -0.2) is 0 Å². The molecule has 0 fully saturated rings. The van der Waals surface area contributed by atoms with Crippen molar-refractivity contribution in [3.63, 3.8) is 0 Å². The Bertz CT molecular complexity index is 1270. The molecule has 7 nitrogen and oxygen atoms in total. The summed E-state index contributed by atoms with van der Waals surface area (Å²) in [6, 6.07) is 10.2. The van der Waals surface area contributed by atoms with Crippen LogP contribution in [0.4, 0.5) is 0 Å². The summed E-state index contributed by atoms with van der Waals surface area (Å²) in [6.45, 7) is 9.50. The van der Waals surface area contributed by atoms with Gasteiger partial charge < -0.3 is 23.7 Å². The van der Waals surface area contributed by atoms with Crippen molar-refractivity contribution in [2.24, 2.45) is 0 Å². The zero-order valence-electron chi connectivity index (χ0n) is 19.9. The van der Waals surface area contributed by atoms with Crippen LogP contribution in [0.5, 0.6) is 11.5 Å². The zero-order chi connectivity index (χ0) is 24.4. The lowest BCUT2D eigenvalue weighted by molar-refractivity contribution is 0.0708. The van der Waals surface area contributed by atoms with Crippen molar-refractivity contribution in [3.05, 3.63) is 68.0 Å². The van der Waals surface area contributed by atoms with E-state index in [0.29, 0.717) is 47.7 Å². The summed E-state index contributed by atoms with van der Waals surface area (Å²) >= 11 is 3.44. The van der Waals surface area contributed by atoms with E-state index in [9.17, 15) is 9.59 Å². The van der Waals surface area contributed by atoms with E-state index in [0.717, 1.165) is 23.1 Å². The molecule has 1 atom stereocenters. The van der Waals surface area contributed by atoms with Gasteiger partial charge in [0.2, 0.25) is 5.76 Å². The largest absolute Gasteiger partial charge is 0.493 e. The molecule has 0 spiro atoms. The molecule has 2 heterocycles. The van der Waals surface area contributed by atoms with E-state index < -0.39 is 6.04 Å². The minimum absolute atomic E-state index is 0.109. The molecule has 1 aliphatic rings. The van der Waals surface area contributed by atoms with E-state index in [1.807, 2.05) is 25.1 Å². The van der Waals surface area contributed by atoms with E-state index in [2.05, 4.69) is 34.7 Å². The third-order valence-corrected chi connectivity index (χ3v) is 6.78. The monoisotopic (exact) mass is 528 g/mol. The average molecular weight is 529 g/mol. The van der Waals surface area contributed by atoms with Gasteiger partial charge in [0.25, 0.3) is 5.91 Å². The highest BCUT2D eigenvalue weighted by molar-refractivity contribution is 9.10. The Kier molecular flexibility index (Phi) is 7.28. The first kappa shape index (κ1) is 24.3. The van der Waals surface area contributed by atoms with Crippen LogP contribution in [-0.2, 0) is 0 Å². The van der Waals surface area contributed by atoms with Crippen LogP contribution in [0.3, 0.4) is 0 Å². The van der Waals surface area contributed by atoms with Gasteiger partial charge in [-0.15, -0.1) is 0 Å². The number of halogens is 1. The van der Waals surface area contributed by atoms with Gasteiger partial charge in [-0.1, -0.05) is 35.8 Å². The number of likely N-dealkylation sites (N-methyl/N-ethyl adjacent to an activating group) is 1. The molecule has 0 bridgehead atoms. The number of carbonyl (C=O) groups excluding carboxylic acids is 1. The van der Waals surface area contributed by atoms with E-state index in [-0.39, 0.29) is 17.1 Å². The van der Waals surface area contributed by atoms with Crippen LogP contribution in [0.1, 0.15) is 48.5 Å². The van der Waals surface area contributed by atoms with Gasteiger partial charge in [0.15, 0.2) is 16.9 Å². The van der Waals surface area contributed by atoms with Crippen molar-refractivity contribution in [1.82, 2.24) is 9.80 Å². The molecule has 2 aromatic carbocycles. The van der Waals surface area contributed by atoms with Crippen molar-refractivity contribution in [1.29, 1.82) is 0 Å². The first-order valence-corrected chi connectivity index (χ1v) is 12.3. The number of methoxy groups -OCH3 is 1. The second kappa shape index (κ2) is 10.2. The van der Waals surface area contributed by atoms with Crippen molar-refractivity contribution >= 4 is 32.8 Å². The molecular formula is C26H29BrN2O5. The molecule has 1 amide bonds. The Morgan fingerprint density at radius 1 is 1.06 bits per heavy atom. The van der Waals surface area contributed by atoms with Gasteiger partial charge in [0.1, 0.15) is 5.58 Å². The van der Waals surface area contributed by atoms with Crippen LogP contribution in [-0.4, -0.2) is 55.6 Å². The molecule has 180 valence electrons. The minimum atomic E-state index is -0.581. The third kappa shape index (κ3) is 4.32. The van der Waals surface area contributed by atoms with E-state index >= 15 is 0 Å². The van der Waals surface area contributed by atoms with Gasteiger partial charge >= 0.3 is 0 Å². The highest BCUT2D eigenvalue weighted by Crippen LogP contribution is 2.41. The topological polar surface area (TPSA) is 72.2 Å². The zero-order valence-corrected chi connectivity index (χ0v) is 21.5. The highest BCUT2D eigenvalue weighted by atomic mass is 79.9. The number of hydrogen-bond acceptors (Lipinski definition) is 6. The quantitative estimate of drug-likeness (QED) is 0.395. The number of rotatable bonds is 9. The maximum Gasteiger partial charge on any atom is 0.290 e. The number of carbonyl (C=O) groups is 1. The van der Waals surface area contributed by atoms with Crippen LogP contribution in [0.25, 0.3) is 11.0 Å². The average Bonchev–Trinajstić information content (AvgIpc) is 3.12. The van der Waals surface area contributed by atoms with Crippen LogP contribution in [0.15, 0.2) is 50.1 Å². The molecule has 0 saturated carbocycles. The molecule has 34 heavy (non-hydrogen) atoms. The minimum Gasteiger partial charge on any atom is -0.493 e. The molecule has 0 radical (unpaired) electrons. The Balaban J connectivity index is 1.89.